The number of aryl methyl sites for hydroxylation is 4. The fraction of sp³-hybridized carbons (Fsp3) is 0.375. The normalized spacial score (nSPS) is 14.1. The first kappa shape index (κ1) is 24.4. The van der Waals surface area contributed by atoms with E-state index in [2.05, 4.69) is 30.8 Å². The van der Waals surface area contributed by atoms with Crippen LogP contribution in [0.15, 0.2) is 45.1 Å². The Morgan fingerprint density at radius 3 is 2.39 bits per heavy atom. The number of nitrogens with one attached hydrogen (secondary N) is 1. The number of hydrogen-bond acceptors (Lipinski definition) is 8. The van der Waals surface area contributed by atoms with Gasteiger partial charge < -0.3 is 14.4 Å². The number of aromatic nitrogens is 6. The van der Waals surface area contributed by atoms with Crippen molar-refractivity contribution in [2.75, 3.05) is 41.7 Å². The van der Waals surface area contributed by atoms with Crippen molar-refractivity contribution in [1.29, 1.82) is 0 Å². The van der Waals surface area contributed by atoms with Crippen LogP contribution in [-0.4, -0.2) is 61.0 Å². The van der Waals surface area contributed by atoms with Crippen LogP contribution in [0.3, 0.4) is 0 Å². The van der Waals surface area contributed by atoms with E-state index in [-0.39, 0.29) is 0 Å². The molecule has 0 spiro atoms. The number of aromatic amines is 1. The first-order chi connectivity index (χ1) is 17.3. The van der Waals surface area contributed by atoms with Gasteiger partial charge in [0.25, 0.3) is 5.56 Å². The lowest BCUT2D eigenvalue weighted by Crippen LogP contribution is -2.47. The maximum atomic E-state index is 12.9. The van der Waals surface area contributed by atoms with E-state index in [0.29, 0.717) is 39.6 Å². The average molecular weight is 527 g/mol. The molecule has 3 aromatic heterocycles. The minimum atomic E-state index is -0.479. The minimum Gasteiger partial charge on any atom is -0.368 e. The number of H-pyrrole nitrogens is 1. The molecular weight excluding hydrogens is 500 g/mol. The molecule has 0 amide bonds. The highest BCUT2D eigenvalue weighted by molar-refractivity contribution is 7.99. The summed E-state index contributed by atoms with van der Waals surface area (Å²) in [6, 6.07) is 9.78. The number of benzene rings is 1. The number of halogens is 1. The van der Waals surface area contributed by atoms with Gasteiger partial charge in [-0.1, -0.05) is 29.4 Å². The number of rotatable bonds is 6. The Balaban J connectivity index is 1.43. The molecule has 0 aliphatic carbocycles. The molecule has 188 valence electrons. The van der Waals surface area contributed by atoms with Crippen LogP contribution in [0.2, 0.25) is 5.02 Å². The summed E-state index contributed by atoms with van der Waals surface area (Å²) in [7, 11) is 1.62. The predicted molar refractivity (Wildman–Crippen MR) is 144 cm³/mol. The Morgan fingerprint density at radius 2 is 1.69 bits per heavy atom. The number of thioether (sulfide) groups is 1. The lowest BCUT2D eigenvalue weighted by molar-refractivity contribution is 0.622. The molecule has 5 rings (SSSR count). The number of piperazine rings is 1. The highest BCUT2D eigenvalue weighted by Crippen LogP contribution is 2.25. The van der Waals surface area contributed by atoms with Gasteiger partial charge in [0.15, 0.2) is 16.3 Å². The quantitative estimate of drug-likeness (QED) is 0.302. The van der Waals surface area contributed by atoms with Gasteiger partial charge in [-0.15, -0.1) is 0 Å². The molecule has 12 heteroatoms. The molecule has 0 unspecified atom stereocenters. The van der Waals surface area contributed by atoms with Gasteiger partial charge in [-0.2, -0.15) is 4.98 Å². The molecule has 1 N–H and O–H groups in total. The van der Waals surface area contributed by atoms with Crippen LogP contribution in [0.5, 0.6) is 0 Å². The molecule has 36 heavy (non-hydrogen) atoms. The van der Waals surface area contributed by atoms with Crippen molar-refractivity contribution in [2.24, 2.45) is 7.05 Å². The van der Waals surface area contributed by atoms with Gasteiger partial charge in [0.05, 0.1) is 0 Å². The third-order valence-electron chi connectivity index (χ3n) is 6.23. The second kappa shape index (κ2) is 9.98. The maximum Gasteiger partial charge on any atom is 0.329 e. The van der Waals surface area contributed by atoms with Gasteiger partial charge in [-0.25, -0.2) is 14.8 Å². The predicted octanol–water partition coefficient (Wildman–Crippen LogP) is 2.60. The molecule has 10 nitrogen and oxygen atoms in total. The topological polar surface area (TPSA) is 105 Å². The summed E-state index contributed by atoms with van der Waals surface area (Å²) >= 11 is 7.72. The molecule has 0 bridgehead atoms. The van der Waals surface area contributed by atoms with Crippen LogP contribution in [0.4, 0.5) is 11.6 Å². The highest BCUT2D eigenvalue weighted by atomic mass is 35.5. The smallest absolute Gasteiger partial charge is 0.329 e. The number of hydrogen-bond donors (Lipinski definition) is 1. The molecule has 0 saturated carbocycles. The zero-order chi connectivity index (χ0) is 25.4. The monoisotopic (exact) mass is 526 g/mol. The Bertz CT molecular complexity index is 1520. The Kier molecular flexibility index (Phi) is 6.76. The standard InChI is InChI=1S/C24H27ClN8O2S/c1-15-13-16(2)27-22(26-15)36-12-11-33-19-20(30(3)24(35)29-21(19)34)28-23(33)32-9-7-31(8-10-32)18-6-4-5-17(25)14-18/h4-6,13-14H,7-12H2,1-3H3,(H,29,34,35). The van der Waals surface area contributed by atoms with Crippen LogP contribution < -0.4 is 21.0 Å². The molecule has 1 fully saturated rings. The molecule has 1 aromatic carbocycles. The summed E-state index contributed by atoms with van der Waals surface area (Å²) < 4.78 is 3.30. The number of fused-ring (bicyclic) bond motifs is 1. The Hall–Kier alpha value is -3.31. The fourth-order valence-electron chi connectivity index (χ4n) is 4.50. The summed E-state index contributed by atoms with van der Waals surface area (Å²) in [4.78, 5) is 45.8. The SMILES string of the molecule is Cc1cc(C)nc(SCCn2c(N3CCN(c4cccc(Cl)c4)CC3)nc3c2c(=O)[nH]c(=O)n3C)n1. The van der Waals surface area contributed by atoms with Gasteiger partial charge in [0.1, 0.15) is 0 Å². The molecule has 0 radical (unpaired) electrons. The lowest BCUT2D eigenvalue weighted by atomic mass is 10.2. The molecule has 4 aromatic rings. The van der Waals surface area contributed by atoms with Crippen molar-refractivity contribution in [1.82, 2.24) is 29.1 Å². The Labute approximate surface area is 217 Å². The van der Waals surface area contributed by atoms with Gasteiger partial charge in [-0.05, 0) is 38.1 Å². The van der Waals surface area contributed by atoms with E-state index in [1.165, 1.54) is 16.3 Å². The van der Waals surface area contributed by atoms with Crippen molar-refractivity contribution in [3.63, 3.8) is 0 Å². The molecule has 1 aliphatic heterocycles. The zero-order valence-corrected chi connectivity index (χ0v) is 21.9. The molecule has 1 saturated heterocycles. The van der Waals surface area contributed by atoms with E-state index < -0.39 is 11.2 Å². The van der Waals surface area contributed by atoms with Crippen molar-refractivity contribution in [3.05, 3.63) is 67.6 Å². The molecule has 4 heterocycles. The van der Waals surface area contributed by atoms with Crippen LogP contribution in [0, 0.1) is 13.8 Å². The van der Waals surface area contributed by atoms with Crippen LogP contribution in [0.25, 0.3) is 11.2 Å². The van der Waals surface area contributed by atoms with Crippen LogP contribution >= 0.6 is 23.4 Å². The van der Waals surface area contributed by atoms with Gasteiger partial charge in [0.2, 0.25) is 5.95 Å². The molecule has 0 atom stereocenters. The van der Waals surface area contributed by atoms with Gasteiger partial charge >= 0.3 is 5.69 Å². The van der Waals surface area contributed by atoms with Gasteiger partial charge in [-0.3, -0.25) is 14.3 Å². The second-order valence-corrected chi connectivity index (χ2v) is 10.3. The van der Waals surface area contributed by atoms with Crippen LogP contribution in [-0.2, 0) is 13.6 Å². The van der Waals surface area contributed by atoms with E-state index >= 15 is 0 Å². The largest absolute Gasteiger partial charge is 0.368 e. The lowest BCUT2D eigenvalue weighted by Gasteiger charge is -2.36. The molecule has 1 aliphatic rings. The van der Waals surface area contributed by atoms with Crippen molar-refractivity contribution < 1.29 is 0 Å². The fourth-order valence-corrected chi connectivity index (χ4v) is 5.56. The number of anilines is 2. The zero-order valence-electron chi connectivity index (χ0n) is 20.4. The second-order valence-electron chi connectivity index (χ2n) is 8.79. The van der Waals surface area contributed by atoms with E-state index in [1.54, 1.807) is 7.05 Å². The van der Waals surface area contributed by atoms with E-state index in [9.17, 15) is 9.59 Å². The molecular formula is C24H27ClN8O2S. The first-order valence-corrected chi connectivity index (χ1v) is 13.1. The summed E-state index contributed by atoms with van der Waals surface area (Å²) in [5.41, 5.74) is 2.78. The summed E-state index contributed by atoms with van der Waals surface area (Å²) in [5.74, 6) is 1.33. The first-order valence-electron chi connectivity index (χ1n) is 11.7. The average Bonchev–Trinajstić information content (AvgIpc) is 3.22. The summed E-state index contributed by atoms with van der Waals surface area (Å²) in [5, 5.41) is 1.41. The van der Waals surface area contributed by atoms with E-state index in [0.717, 1.165) is 43.3 Å². The number of nitrogens with zero attached hydrogens (tertiary/aromatic N) is 7. The van der Waals surface area contributed by atoms with Crippen LogP contribution in [0.1, 0.15) is 11.4 Å². The third kappa shape index (κ3) is 4.85. The van der Waals surface area contributed by atoms with E-state index in [1.807, 2.05) is 42.7 Å². The summed E-state index contributed by atoms with van der Waals surface area (Å²) in [6.45, 7) is 7.41. The van der Waals surface area contributed by atoms with Crippen molar-refractivity contribution in [2.45, 2.75) is 25.5 Å². The van der Waals surface area contributed by atoms with E-state index in [4.69, 9.17) is 16.6 Å². The highest BCUT2D eigenvalue weighted by Gasteiger charge is 2.25. The minimum absolute atomic E-state index is 0.378. The number of imidazole rings is 1. The Morgan fingerprint density at radius 1 is 1.00 bits per heavy atom. The van der Waals surface area contributed by atoms with Gasteiger partial charge in [0, 0.05) is 67.6 Å². The maximum absolute atomic E-state index is 12.9. The van der Waals surface area contributed by atoms with Crippen molar-refractivity contribution in [3.8, 4) is 0 Å². The van der Waals surface area contributed by atoms with Crippen molar-refractivity contribution >= 4 is 46.2 Å². The third-order valence-corrected chi connectivity index (χ3v) is 7.29. The summed E-state index contributed by atoms with van der Waals surface area (Å²) in [6.07, 6.45) is 0.